The summed E-state index contributed by atoms with van der Waals surface area (Å²) in [6.45, 7) is 0. The van der Waals surface area contributed by atoms with Crippen LogP contribution in [0.3, 0.4) is 0 Å². The fourth-order valence-electron chi connectivity index (χ4n) is 3.32. The normalized spacial score (nSPS) is 11.6. The SMILES string of the molecule is Brc1cc(Br)cc(-c2nc3ccccc3c3c2sc2ccccc23)c1. The van der Waals surface area contributed by atoms with Crippen molar-refractivity contribution < 1.29 is 0 Å². The Hall–Kier alpha value is -1.75. The number of benzene rings is 3. The summed E-state index contributed by atoms with van der Waals surface area (Å²) in [6.07, 6.45) is 0. The maximum atomic E-state index is 5.02. The predicted molar refractivity (Wildman–Crippen MR) is 115 cm³/mol. The molecular formula is C21H11Br2NS. The Balaban J connectivity index is 2.01. The lowest BCUT2D eigenvalue weighted by atomic mass is 10.0. The molecule has 0 bridgehead atoms. The smallest absolute Gasteiger partial charge is 0.0889 e. The number of rotatable bonds is 1. The van der Waals surface area contributed by atoms with Gasteiger partial charge in [-0.1, -0.05) is 68.3 Å². The summed E-state index contributed by atoms with van der Waals surface area (Å²) in [5.41, 5.74) is 3.19. The number of pyridine rings is 1. The molecule has 0 saturated heterocycles. The lowest BCUT2D eigenvalue weighted by Gasteiger charge is -2.08. The van der Waals surface area contributed by atoms with Gasteiger partial charge in [0.15, 0.2) is 0 Å². The Labute approximate surface area is 165 Å². The van der Waals surface area contributed by atoms with Crippen LogP contribution in [0.4, 0.5) is 0 Å². The first-order valence-electron chi connectivity index (χ1n) is 7.87. The number of para-hydroxylation sites is 1. The second kappa shape index (κ2) is 5.90. The Morgan fingerprint density at radius 2 is 1.44 bits per heavy atom. The van der Waals surface area contributed by atoms with Gasteiger partial charge < -0.3 is 0 Å². The molecule has 3 aromatic carbocycles. The minimum Gasteiger partial charge on any atom is -0.246 e. The highest BCUT2D eigenvalue weighted by Gasteiger charge is 2.16. The molecule has 0 amide bonds. The quantitative estimate of drug-likeness (QED) is 0.244. The number of nitrogens with zero attached hydrogens (tertiary/aromatic N) is 1. The Morgan fingerprint density at radius 3 is 2.24 bits per heavy atom. The van der Waals surface area contributed by atoms with E-state index in [9.17, 15) is 0 Å². The van der Waals surface area contributed by atoms with Crippen LogP contribution in [-0.2, 0) is 0 Å². The summed E-state index contributed by atoms with van der Waals surface area (Å²) < 4.78 is 4.62. The monoisotopic (exact) mass is 467 g/mol. The van der Waals surface area contributed by atoms with Crippen LogP contribution in [0.25, 0.3) is 42.3 Å². The zero-order valence-corrected chi connectivity index (χ0v) is 17.0. The highest BCUT2D eigenvalue weighted by atomic mass is 79.9. The molecule has 0 aliphatic heterocycles. The van der Waals surface area contributed by atoms with E-state index in [0.29, 0.717) is 0 Å². The van der Waals surface area contributed by atoms with Crippen molar-refractivity contribution >= 4 is 74.3 Å². The largest absolute Gasteiger partial charge is 0.246 e. The van der Waals surface area contributed by atoms with Gasteiger partial charge in [0.1, 0.15) is 0 Å². The fourth-order valence-corrected chi connectivity index (χ4v) is 5.84. The Morgan fingerprint density at radius 1 is 0.760 bits per heavy atom. The molecule has 2 heterocycles. The highest BCUT2D eigenvalue weighted by molar-refractivity contribution is 9.11. The molecule has 0 atom stereocenters. The summed E-state index contributed by atoms with van der Waals surface area (Å²) in [6, 6.07) is 23.3. The lowest BCUT2D eigenvalue weighted by molar-refractivity contribution is 1.43. The summed E-state index contributed by atoms with van der Waals surface area (Å²) in [5, 5.41) is 3.82. The van der Waals surface area contributed by atoms with Crippen molar-refractivity contribution in [3.63, 3.8) is 0 Å². The first-order valence-corrected chi connectivity index (χ1v) is 10.3. The summed E-state index contributed by atoms with van der Waals surface area (Å²) in [4.78, 5) is 5.02. The van der Waals surface area contributed by atoms with Crippen molar-refractivity contribution in [2.75, 3.05) is 0 Å². The molecule has 0 saturated carbocycles. The summed E-state index contributed by atoms with van der Waals surface area (Å²) >= 11 is 9.03. The van der Waals surface area contributed by atoms with Gasteiger partial charge in [-0.3, -0.25) is 0 Å². The molecule has 2 aromatic heterocycles. The van der Waals surface area contributed by atoms with Crippen LogP contribution in [0.2, 0.25) is 0 Å². The van der Waals surface area contributed by atoms with Gasteiger partial charge in [0.25, 0.3) is 0 Å². The topological polar surface area (TPSA) is 12.9 Å². The predicted octanol–water partition coefficient (Wildman–Crippen LogP) is 7.79. The molecule has 0 aliphatic rings. The van der Waals surface area contributed by atoms with Crippen LogP contribution in [-0.4, -0.2) is 4.98 Å². The van der Waals surface area contributed by atoms with E-state index in [1.54, 1.807) is 0 Å². The molecule has 25 heavy (non-hydrogen) atoms. The average Bonchev–Trinajstić information content (AvgIpc) is 3.00. The number of thiophene rings is 1. The van der Waals surface area contributed by atoms with Crippen molar-refractivity contribution in [2.24, 2.45) is 0 Å². The van der Waals surface area contributed by atoms with E-state index in [0.717, 1.165) is 25.7 Å². The van der Waals surface area contributed by atoms with E-state index >= 15 is 0 Å². The molecule has 5 rings (SSSR count). The molecule has 0 fully saturated rings. The van der Waals surface area contributed by atoms with Gasteiger partial charge in [0.05, 0.1) is 15.9 Å². The first-order chi connectivity index (χ1) is 12.2. The number of hydrogen-bond donors (Lipinski definition) is 0. The van der Waals surface area contributed by atoms with Crippen LogP contribution in [0.1, 0.15) is 0 Å². The van der Waals surface area contributed by atoms with Crippen molar-refractivity contribution in [1.29, 1.82) is 0 Å². The number of aromatic nitrogens is 1. The summed E-state index contributed by atoms with van der Waals surface area (Å²) in [7, 11) is 0. The lowest BCUT2D eigenvalue weighted by Crippen LogP contribution is -1.87. The third kappa shape index (κ3) is 2.51. The van der Waals surface area contributed by atoms with E-state index in [2.05, 4.69) is 92.5 Å². The van der Waals surface area contributed by atoms with E-state index in [1.807, 2.05) is 17.4 Å². The van der Waals surface area contributed by atoms with Crippen LogP contribution >= 0.6 is 43.2 Å². The second-order valence-corrected chi connectivity index (χ2v) is 8.82. The average molecular weight is 469 g/mol. The van der Waals surface area contributed by atoms with Crippen molar-refractivity contribution in [3.05, 3.63) is 75.7 Å². The number of fused-ring (bicyclic) bond motifs is 5. The van der Waals surface area contributed by atoms with Gasteiger partial charge in [0, 0.05) is 35.4 Å². The number of halogens is 2. The molecule has 120 valence electrons. The minimum atomic E-state index is 1.03. The summed E-state index contributed by atoms with van der Waals surface area (Å²) in [5.74, 6) is 0. The van der Waals surface area contributed by atoms with Gasteiger partial charge >= 0.3 is 0 Å². The van der Waals surface area contributed by atoms with Gasteiger partial charge in [-0.25, -0.2) is 4.98 Å². The minimum absolute atomic E-state index is 1.03. The van der Waals surface area contributed by atoms with Crippen LogP contribution in [0, 0.1) is 0 Å². The fraction of sp³-hybridized carbons (Fsp3) is 0. The van der Waals surface area contributed by atoms with E-state index in [-0.39, 0.29) is 0 Å². The zero-order valence-electron chi connectivity index (χ0n) is 13.0. The van der Waals surface area contributed by atoms with Gasteiger partial charge in [0.2, 0.25) is 0 Å². The van der Waals surface area contributed by atoms with Gasteiger partial charge in [-0.2, -0.15) is 0 Å². The Bertz CT molecular complexity index is 1250. The molecule has 5 aromatic rings. The van der Waals surface area contributed by atoms with Crippen molar-refractivity contribution in [1.82, 2.24) is 4.98 Å². The number of hydrogen-bond acceptors (Lipinski definition) is 2. The van der Waals surface area contributed by atoms with Crippen LogP contribution in [0.5, 0.6) is 0 Å². The van der Waals surface area contributed by atoms with Crippen molar-refractivity contribution in [2.45, 2.75) is 0 Å². The van der Waals surface area contributed by atoms with E-state index < -0.39 is 0 Å². The molecule has 0 N–H and O–H groups in total. The highest BCUT2D eigenvalue weighted by Crippen LogP contribution is 2.43. The maximum absolute atomic E-state index is 5.02. The van der Waals surface area contributed by atoms with Crippen LogP contribution < -0.4 is 0 Å². The Kier molecular flexibility index (Phi) is 3.66. The third-order valence-corrected chi connectivity index (χ3v) is 6.45. The van der Waals surface area contributed by atoms with Gasteiger partial charge in [-0.05, 0) is 30.3 Å². The molecule has 0 radical (unpaired) electrons. The molecule has 4 heteroatoms. The molecular weight excluding hydrogens is 458 g/mol. The van der Waals surface area contributed by atoms with Crippen LogP contribution in [0.15, 0.2) is 75.7 Å². The zero-order chi connectivity index (χ0) is 17.0. The third-order valence-electron chi connectivity index (χ3n) is 4.35. The molecule has 0 unspecified atom stereocenters. The second-order valence-electron chi connectivity index (χ2n) is 5.94. The van der Waals surface area contributed by atoms with E-state index in [1.165, 1.54) is 25.6 Å². The molecule has 0 spiro atoms. The van der Waals surface area contributed by atoms with Gasteiger partial charge in [-0.15, -0.1) is 11.3 Å². The molecule has 0 aliphatic carbocycles. The maximum Gasteiger partial charge on any atom is 0.0889 e. The standard InChI is InChI=1S/C21H11Br2NS/c22-13-9-12(10-14(23)11-13)20-21-19(15-5-1-3-7-17(15)24-20)16-6-2-4-8-18(16)25-21/h1-11H. The first kappa shape index (κ1) is 15.5. The van der Waals surface area contributed by atoms with Crippen molar-refractivity contribution in [3.8, 4) is 11.3 Å². The molecule has 1 nitrogen and oxygen atoms in total. The van der Waals surface area contributed by atoms with E-state index in [4.69, 9.17) is 4.98 Å².